The van der Waals surface area contributed by atoms with Crippen LogP contribution in [0.15, 0.2) is 24.3 Å². The third-order valence-corrected chi connectivity index (χ3v) is 4.06. The van der Waals surface area contributed by atoms with E-state index in [4.69, 9.17) is 4.74 Å². The first-order valence-electron chi connectivity index (χ1n) is 7.39. The van der Waals surface area contributed by atoms with E-state index in [1.165, 1.54) is 18.9 Å². The summed E-state index contributed by atoms with van der Waals surface area (Å²) in [5, 5.41) is 3.47. The molecule has 1 aromatic carbocycles. The number of rotatable bonds is 5. The minimum atomic E-state index is -0.267. The van der Waals surface area contributed by atoms with Crippen molar-refractivity contribution in [2.24, 2.45) is 5.92 Å². The first-order valence-corrected chi connectivity index (χ1v) is 7.39. The molecule has 0 bridgehead atoms. The Balaban J connectivity index is 2.07. The van der Waals surface area contributed by atoms with Crippen LogP contribution in [0.2, 0.25) is 0 Å². The van der Waals surface area contributed by atoms with Gasteiger partial charge in [0.05, 0.1) is 0 Å². The molecule has 1 N–H and O–H groups in total. The Kier molecular flexibility index (Phi) is 5.20. The Bertz CT molecular complexity index is 396. The number of ether oxygens (including phenoxy) is 1. The summed E-state index contributed by atoms with van der Waals surface area (Å²) in [7, 11) is 0. The molecule has 3 heteroatoms. The van der Waals surface area contributed by atoms with Crippen molar-refractivity contribution >= 4 is 0 Å². The maximum absolute atomic E-state index is 13.7. The molecule has 1 fully saturated rings. The zero-order valence-corrected chi connectivity index (χ0v) is 11.9. The molecule has 0 aliphatic heterocycles. The minimum absolute atomic E-state index is 0.0792. The summed E-state index contributed by atoms with van der Waals surface area (Å²) in [4.78, 5) is 0. The van der Waals surface area contributed by atoms with E-state index < -0.39 is 0 Å². The molecule has 0 amide bonds. The van der Waals surface area contributed by atoms with Gasteiger partial charge in [-0.25, -0.2) is 4.39 Å². The molecule has 0 heterocycles. The summed E-state index contributed by atoms with van der Waals surface area (Å²) in [6.45, 7) is 5.25. The van der Waals surface area contributed by atoms with Crippen molar-refractivity contribution in [1.82, 2.24) is 5.32 Å². The van der Waals surface area contributed by atoms with Gasteiger partial charge in [-0.05, 0) is 43.9 Å². The van der Waals surface area contributed by atoms with Gasteiger partial charge in [0.25, 0.3) is 0 Å². The number of nitrogens with one attached hydrogen (secondary N) is 1. The van der Waals surface area contributed by atoms with E-state index >= 15 is 0 Å². The summed E-state index contributed by atoms with van der Waals surface area (Å²) < 4.78 is 19.6. The number of halogens is 1. The molecule has 2 rings (SSSR count). The summed E-state index contributed by atoms with van der Waals surface area (Å²) in [6.07, 6.45) is 4.63. The lowest BCUT2D eigenvalue weighted by atomic mass is 9.82. The standard InChI is InChI=1S/C16H24FNO/c1-3-12-9-10-14(18-4-2)16(11-12)19-15-8-6-5-7-13(15)17/h5-8,12,14,16,18H,3-4,9-11H2,1-2H3. The molecule has 0 saturated heterocycles. The summed E-state index contributed by atoms with van der Waals surface area (Å²) in [5.41, 5.74) is 0. The number of para-hydroxylation sites is 1. The van der Waals surface area contributed by atoms with Gasteiger partial charge < -0.3 is 10.1 Å². The topological polar surface area (TPSA) is 21.3 Å². The van der Waals surface area contributed by atoms with E-state index in [1.54, 1.807) is 12.1 Å². The molecule has 2 nitrogen and oxygen atoms in total. The summed E-state index contributed by atoms with van der Waals surface area (Å²) in [5.74, 6) is 0.815. The van der Waals surface area contributed by atoms with Gasteiger partial charge in [0.1, 0.15) is 6.10 Å². The molecule has 19 heavy (non-hydrogen) atoms. The van der Waals surface area contributed by atoms with Crippen LogP contribution in [0.3, 0.4) is 0 Å². The second-order valence-corrected chi connectivity index (χ2v) is 5.34. The maximum Gasteiger partial charge on any atom is 0.165 e. The first kappa shape index (κ1) is 14.3. The third kappa shape index (κ3) is 3.69. The largest absolute Gasteiger partial charge is 0.486 e. The lowest BCUT2D eigenvalue weighted by Crippen LogP contribution is -2.47. The van der Waals surface area contributed by atoms with Crippen LogP contribution in [0, 0.1) is 11.7 Å². The third-order valence-electron chi connectivity index (χ3n) is 4.06. The van der Waals surface area contributed by atoms with E-state index in [1.807, 2.05) is 6.07 Å². The van der Waals surface area contributed by atoms with Crippen molar-refractivity contribution < 1.29 is 9.13 Å². The van der Waals surface area contributed by atoms with Gasteiger partial charge in [-0.1, -0.05) is 32.4 Å². The highest BCUT2D eigenvalue weighted by atomic mass is 19.1. The summed E-state index contributed by atoms with van der Waals surface area (Å²) >= 11 is 0. The van der Waals surface area contributed by atoms with Crippen molar-refractivity contribution in [2.75, 3.05) is 6.54 Å². The Morgan fingerprint density at radius 1 is 1.26 bits per heavy atom. The molecule has 1 saturated carbocycles. The average molecular weight is 265 g/mol. The zero-order valence-electron chi connectivity index (χ0n) is 11.9. The SMILES string of the molecule is CCNC1CCC(CC)CC1Oc1ccccc1F. The van der Waals surface area contributed by atoms with Crippen LogP contribution in [0.1, 0.15) is 39.5 Å². The quantitative estimate of drug-likeness (QED) is 0.875. The lowest BCUT2D eigenvalue weighted by Gasteiger charge is -2.36. The molecule has 1 aromatic rings. The maximum atomic E-state index is 13.7. The fourth-order valence-corrected chi connectivity index (χ4v) is 2.91. The van der Waals surface area contributed by atoms with E-state index in [0.29, 0.717) is 17.7 Å². The first-order chi connectivity index (χ1) is 9.24. The van der Waals surface area contributed by atoms with Gasteiger partial charge in [0, 0.05) is 6.04 Å². The molecule has 106 valence electrons. The van der Waals surface area contributed by atoms with Gasteiger partial charge in [-0.15, -0.1) is 0 Å². The molecular formula is C16H24FNO. The van der Waals surface area contributed by atoms with Crippen LogP contribution < -0.4 is 10.1 Å². The monoisotopic (exact) mass is 265 g/mol. The fourth-order valence-electron chi connectivity index (χ4n) is 2.91. The molecule has 1 aliphatic rings. The molecular weight excluding hydrogens is 241 g/mol. The van der Waals surface area contributed by atoms with Crippen LogP contribution in [0.25, 0.3) is 0 Å². The zero-order chi connectivity index (χ0) is 13.7. The molecule has 3 atom stereocenters. The number of hydrogen-bond donors (Lipinski definition) is 1. The Hall–Kier alpha value is -1.09. The predicted octanol–water partition coefficient (Wildman–Crippen LogP) is 3.76. The summed E-state index contributed by atoms with van der Waals surface area (Å²) in [6, 6.07) is 7.03. The van der Waals surface area contributed by atoms with Gasteiger partial charge in [-0.3, -0.25) is 0 Å². The highest BCUT2D eigenvalue weighted by Crippen LogP contribution is 2.30. The lowest BCUT2D eigenvalue weighted by molar-refractivity contribution is 0.0820. The van der Waals surface area contributed by atoms with E-state index in [2.05, 4.69) is 19.2 Å². The van der Waals surface area contributed by atoms with Crippen LogP contribution in [-0.2, 0) is 0 Å². The Labute approximate surface area is 115 Å². The fraction of sp³-hybridized carbons (Fsp3) is 0.625. The molecule has 0 radical (unpaired) electrons. The molecule has 0 aromatic heterocycles. The van der Waals surface area contributed by atoms with Gasteiger partial charge in [0.15, 0.2) is 11.6 Å². The van der Waals surface area contributed by atoms with Gasteiger partial charge in [0.2, 0.25) is 0 Å². The van der Waals surface area contributed by atoms with E-state index in [0.717, 1.165) is 19.4 Å². The Morgan fingerprint density at radius 2 is 2.05 bits per heavy atom. The molecule has 3 unspecified atom stereocenters. The predicted molar refractivity (Wildman–Crippen MR) is 75.9 cm³/mol. The molecule has 0 spiro atoms. The van der Waals surface area contributed by atoms with Crippen LogP contribution >= 0.6 is 0 Å². The van der Waals surface area contributed by atoms with Crippen LogP contribution in [0.4, 0.5) is 4.39 Å². The number of likely N-dealkylation sites (N-methyl/N-ethyl adjacent to an activating group) is 1. The van der Waals surface area contributed by atoms with Crippen molar-refractivity contribution in [3.05, 3.63) is 30.1 Å². The highest BCUT2D eigenvalue weighted by Gasteiger charge is 2.31. The molecule has 1 aliphatic carbocycles. The van der Waals surface area contributed by atoms with Crippen LogP contribution in [-0.4, -0.2) is 18.7 Å². The smallest absolute Gasteiger partial charge is 0.165 e. The van der Waals surface area contributed by atoms with Crippen molar-refractivity contribution in [3.63, 3.8) is 0 Å². The van der Waals surface area contributed by atoms with Crippen molar-refractivity contribution in [1.29, 1.82) is 0 Å². The van der Waals surface area contributed by atoms with E-state index in [9.17, 15) is 4.39 Å². The average Bonchev–Trinajstić information content (AvgIpc) is 2.43. The van der Waals surface area contributed by atoms with E-state index in [-0.39, 0.29) is 11.9 Å². The highest BCUT2D eigenvalue weighted by molar-refractivity contribution is 5.24. The van der Waals surface area contributed by atoms with Crippen LogP contribution in [0.5, 0.6) is 5.75 Å². The number of hydrogen-bond acceptors (Lipinski definition) is 2. The van der Waals surface area contributed by atoms with Crippen molar-refractivity contribution in [2.45, 2.75) is 51.7 Å². The van der Waals surface area contributed by atoms with Gasteiger partial charge >= 0.3 is 0 Å². The second-order valence-electron chi connectivity index (χ2n) is 5.34. The van der Waals surface area contributed by atoms with Crippen molar-refractivity contribution in [3.8, 4) is 5.75 Å². The number of benzene rings is 1. The second kappa shape index (κ2) is 6.90. The van der Waals surface area contributed by atoms with Gasteiger partial charge in [-0.2, -0.15) is 0 Å². The normalized spacial score (nSPS) is 27.2. The Morgan fingerprint density at radius 3 is 2.74 bits per heavy atom. The minimum Gasteiger partial charge on any atom is -0.486 e.